The third-order valence-corrected chi connectivity index (χ3v) is 3.65. The maximum absolute atomic E-state index is 12.3. The number of furan rings is 1. The number of morpholine rings is 1. The van der Waals surface area contributed by atoms with E-state index in [-0.39, 0.29) is 31.4 Å². The van der Waals surface area contributed by atoms with Gasteiger partial charge in [-0.25, -0.2) is 4.79 Å². The normalized spacial score (nSPS) is 21.0. The van der Waals surface area contributed by atoms with Gasteiger partial charge in [-0.3, -0.25) is 4.79 Å². The second-order valence-electron chi connectivity index (χ2n) is 5.56. The van der Waals surface area contributed by atoms with E-state index in [1.165, 1.54) is 11.2 Å². The van der Waals surface area contributed by atoms with Crippen molar-refractivity contribution in [3.63, 3.8) is 0 Å². The Morgan fingerprint density at radius 3 is 2.96 bits per heavy atom. The quantitative estimate of drug-likeness (QED) is 0.858. The van der Waals surface area contributed by atoms with Crippen LogP contribution in [0.2, 0.25) is 0 Å². The summed E-state index contributed by atoms with van der Waals surface area (Å²) in [5, 5.41) is 12.8. The predicted octanol–water partition coefficient (Wildman–Crippen LogP) is 0.963. The van der Waals surface area contributed by atoms with Gasteiger partial charge in [-0.05, 0) is 19.1 Å². The monoisotopic (exact) mass is 335 g/mol. The van der Waals surface area contributed by atoms with Gasteiger partial charge in [0.2, 0.25) is 17.6 Å². The number of carboxylic acids is 1. The van der Waals surface area contributed by atoms with E-state index in [9.17, 15) is 9.59 Å². The summed E-state index contributed by atoms with van der Waals surface area (Å²) < 4.78 is 15.6. The number of aromatic nitrogens is 2. The van der Waals surface area contributed by atoms with Gasteiger partial charge in [-0.15, -0.1) is 0 Å². The molecule has 0 spiro atoms. The van der Waals surface area contributed by atoms with Crippen LogP contribution in [-0.4, -0.2) is 57.3 Å². The summed E-state index contributed by atoms with van der Waals surface area (Å²) >= 11 is 0. The van der Waals surface area contributed by atoms with Gasteiger partial charge in [0.25, 0.3) is 0 Å². The molecule has 9 heteroatoms. The van der Waals surface area contributed by atoms with Crippen molar-refractivity contribution in [2.24, 2.45) is 0 Å². The molecule has 0 radical (unpaired) electrons. The molecule has 1 N–H and O–H groups in total. The van der Waals surface area contributed by atoms with Crippen LogP contribution < -0.4 is 0 Å². The number of carbonyl (C=O) groups excluding carboxylic acids is 1. The Labute approximate surface area is 137 Å². The van der Waals surface area contributed by atoms with Crippen molar-refractivity contribution in [1.82, 2.24) is 15.0 Å². The highest BCUT2D eigenvalue weighted by Crippen LogP contribution is 2.17. The van der Waals surface area contributed by atoms with E-state index >= 15 is 0 Å². The molecule has 2 atom stereocenters. The molecule has 2 aromatic rings. The van der Waals surface area contributed by atoms with Crippen LogP contribution in [-0.2, 0) is 20.7 Å². The maximum Gasteiger partial charge on any atom is 0.334 e. The van der Waals surface area contributed by atoms with E-state index < -0.39 is 12.1 Å². The van der Waals surface area contributed by atoms with Crippen molar-refractivity contribution in [2.75, 3.05) is 13.1 Å². The predicted molar refractivity (Wildman–Crippen MR) is 78.9 cm³/mol. The summed E-state index contributed by atoms with van der Waals surface area (Å²) in [5.74, 6) is -0.102. The highest BCUT2D eigenvalue weighted by Gasteiger charge is 2.32. The van der Waals surface area contributed by atoms with E-state index in [1.54, 1.807) is 19.1 Å². The molecule has 1 aliphatic rings. The Hall–Kier alpha value is -2.68. The first kappa shape index (κ1) is 16.2. The minimum absolute atomic E-state index is 0.0417. The van der Waals surface area contributed by atoms with Gasteiger partial charge in [-0.2, -0.15) is 4.98 Å². The summed E-state index contributed by atoms with van der Waals surface area (Å²) in [4.78, 5) is 29.0. The number of ether oxygens (including phenoxy) is 1. The lowest BCUT2D eigenvalue weighted by Crippen LogP contribution is -2.51. The van der Waals surface area contributed by atoms with Crippen LogP contribution in [0.3, 0.4) is 0 Å². The number of carboxylic acid groups (broad SMARTS) is 1. The molecule has 2 aromatic heterocycles. The van der Waals surface area contributed by atoms with E-state index in [0.29, 0.717) is 24.0 Å². The zero-order valence-electron chi connectivity index (χ0n) is 13.0. The molecular weight excluding hydrogens is 318 g/mol. The molecule has 1 fully saturated rings. The number of carbonyl (C=O) groups is 2. The molecule has 128 valence electrons. The average Bonchev–Trinajstić information content (AvgIpc) is 3.23. The minimum Gasteiger partial charge on any atom is -0.479 e. The summed E-state index contributed by atoms with van der Waals surface area (Å²) in [6.45, 7) is 2.15. The topological polar surface area (TPSA) is 119 Å². The zero-order valence-corrected chi connectivity index (χ0v) is 13.0. The lowest BCUT2D eigenvalue weighted by atomic mass is 10.2. The largest absolute Gasteiger partial charge is 0.479 e. The van der Waals surface area contributed by atoms with Gasteiger partial charge < -0.3 is 23.7 Å². The van der Waals surface area contributed by atoms with Gasteiger partial charge >= 0.3 is 5.97 Å². The molecular formula is C15H17N3O6. The molecule has 1 amide bonds. The standard InChI is InChI=1S/C15H17N3O6/c1-9-7-18(8-11(23-9)15(20)21)13(19)5-4-12-16-14(17-24-12)10-3-2-6-22-10/h2-3,6,9,11H,4-5,7-8H2,1H3,(H,20,21)/t9-,11?/m1/s1. The summed E-state index contributed by atoms with van der Waals surface area (Å²) in [7, 11) is 0. The minimum atomic E-state index is -1.07. The number of amides is 1. The molecule has 3 heterocycles. The number of hydrogen-bond donors (Lipinski definition) is 1. The van der Waals surface area contributed by atoms with Crippen LogP contribution in [0.5, 0.6) is 0 Å². The summed E-state index contributed by atoms with van der Waals surface area (Å²) in [6, 6.07) is 3.42. The van der Waals surface area contributed by atoms with Crippen molar-refractivity contribution in [3.05, 3.63) is 24.3 Å². The van der Waals surface area contributed by atoms with Gasteiger partial charge in [-0.1, -0.05) is 5.16 Å². The van der Waals surface area contributed by atoms with E-state index in [1.807, 2.05) is 0 Å². The molecule has 1 saturated heterocycles. The summed E-state index contributed by atoms with van der Waals surface area (Å²) in [5.41, 5.74) is 0. The van der Waals surface area contributed by atoms with Crippen molar-refractivity contribution in [1.29, 1.82) is 0 Å². The fourth-order valence-corrected chi connectivity index (χ4v) is 2.53. The Balaban J connectivity index is 1.56. The average molecular weight is 335 g/mol. The first-order chi connectivity index (χ1) is 11.5. The van der Waals surface area contributed by atoms with Crippen LogP contribution in [0.4, 0.5) is 0 Å². The van der Waals surface area contributed by atoms with E-state index in [0.717, 1.165) is 0 Å². The number of aliphatic carboxylic acids is 1. The second kappa shape index (κ2) is 6.83. The highest BCUT2D eigenvalue weighted by molar-refractivity contribution is 5.78. The molecule has 0 aliphatic carbocycles. The van der Waals surface area contributed by atoms with Crippen LogP contribution in [0, 0.1) is 0 Å². The SMILES string of the molecule is C[C@@H]1CN(C(=O)CCc2nc(-c3ccco3)no2)CC(C(=O)O)O1. The first-order valence-electron chi connectivity index (χ1n) is 7.55. The Kier molecular flexibility index (Phi) is 4.61. The molecule has 24 heavy (non-hydrogen) atoms. The number of aryl methyl sites for hydroxylation is 1. The lowest BCUT2D eigenvalue weighted by Gasteiger charge is -2.34. The third-order valence-electron chi connectivity index (χ3n) is 3.65. The van der Waals surface area contributed by atoms with E-state index in [4.69, 9.17) is 18.8 Å². The molecule has 9 nitrogen and oxygen atoms in total. The Bertz CT molecular complexity index is 711. The van der Waals surface area contributed by atoms with Crippen molar-refractivity contribution in [3.8, 4) is 11.6 Å². The van der Waals surface area contributed by atoms with Crippen LogP contribution in [0.1, 0.15) is 19.2 Å². The molecule has 0 aromatic carbocycles. The van der Waals surface area contributed by atoms with Gasteiger partial charge in [0, 0.05) is 19.4 Å². The number of rotatable bonds is 5. The fourth-order valence-electron chi connectivity index (χ4n) is 2.53. The van der Waals surface area contributed by atoms with Gasteiger partial charge in [0.1, 0.15) is 0 Å². The number of hydrogen-bond acceptors (Lipinski definition) is 7. The first-order valence-corrected chi connectivity index (χ1v) is 7.55. The van der Waals surface area contributed by atoms with Crippen molar-refractivity contribution >= 4 is 11.9 Å². The van der Waals surface area contributed by atoms with Crippen LogP contribution in [0.25, 0.3) is 11.6 Å². The van der Waals surface area contributed by atoms with Gasteiger partial charge in [0.15, 0.2) is 11.9 Å². The van der Waals surface area contributed by atoms with Crippen LogP contribution in [0.15, 0.2) is 27.3 Å². The molecule has 1 aliphatic heterocycles. The fraction of sp³-hybridized carbons (Fsp3) is 0.467. The summed E-state index contributed by atoms with van der Waals surface area (Å²) in [6.07, 6.45) is 0.617. The lowest BCUT2D eigenvalue weighted by molar-refractivity contribution is -0.166. The molecule has 3 rings (SSSR count). The zero-order chi connectivity index (χ0) is 17.1. The van der Waals surface area contributed by atoms with Gasteiger partial charge in [0.05, 0.1) is 18.9 Å². The van der Waals surface area contributed by atoms with Crippen molar-refractivity contribution in [2.45, 2.75) is 32.0 Å². The van der Waals surface area contributed by atoms with Crippen LogP contribution >= 0.6 is 0 Å². The molecule has 0 bridgehead atoms. The number of nitrogens with zero attached hydrogens (tertiary/aromatic N) is 3. The maximum atomic E-state index is 12.3. The highest BCUT2D eigenvalue weighted by atomic mass is 16.5. The Morgan fingerprint density at radius 1 is 1.42 bits per heavy atom. The molecule has 1 unspecified atom stereocenters. The Morgan fingerprint density at radius 2 is 2.25 bits per heavy atom. The van der Waals surface area contributed by atoms with Crippen molar-refractivity contribution < 1.29 is 28.4 Å². The smallest absolute Gasteiger partial charge is 0.334 e. The second-order valence-corrected chi connectivity index (χ2v) is 5.56. The third kappa shape index (κ3) is 3.62. The van der Waals surface area contributed by atoms with E-state index in [2.05, 4.69) is 10.1 Å². The molecule has 0 saturated carbocycles.